The fourth-order valence-corrected chi connectivity index (χ4v) is 2.19. The van der Waals surface area contributed by atoms with Gasteiger partial charge in [0.1, 0.15) is 6.17 Å². The summed E-state index contributed by atoms with van der Waals surface area (Å²) in [6, 6.07) is 0. The van der Waals surface area contributed by atoms with Crippen LogP contribution in [0.3, 0.4) is 0 Å². The third-order valence-electron chi connectivity index (χ3n) is 1.93. The Labute approximate surface area is 87.0 Å². The van der Waals surface area contributed by atoms with Crippen molar-refractivity contribution in [3.63, 3.8) is 0 Å². The molecule has 3 atom stereocenters. The molecule has 0 heterocycles. The molecule has 13 heavy (non-hydrogen) atoms. The Morgan fingerprint density at radius 3 is 2.31 bits per heavy atom. The average Bonchev–Trinajstić information content (AvgIpc) is 1.93. The van der Waals surface area contributed by atoms with Gasteiger partial charge in [0.25, 0.3) is 0 Å². The number of hydrogen-bond acceptors (Lipinski definition) is 1. The van der Waals surface area contributed by atoms with Crippen LogP contribution in [-0.2, 0) is 4.74 Å². The smallest absolute Gasteiger partial charge is 0.286 e. The highest BCUT2D eigenvalue weighted by Crippen LogP contribution is 2.32. The molecule has 1 aliphatic carbocycles. The summed E-state index contributed by atoms with van der Waals surface area (Å²) in [6.07, 6.45) is -6.62. The molecule has 0 aliphatic heterocycles. The molecule has 0 spiro atoms. The molecule has 1 fully saturated rings. The minimum absolute atomic E-state index is 0.126. The number of alkyl halides is 5. The fraction of sp³-hybridized carbons (Fsp3) is 1.00. The molecule has 0 aromatic carbocycles. The maximum atomic E-state index is 13.0. The third kappa shape index (κ3) is 3.97. The molecule has 1 aliphatic rings. The number of rotatable bonds is 1. The summed E-state index contributed by atoms with van der Waals surface area (Å²) in [5.74, 6) is 0. The van der Waals surface area contributed by atoms with E-state index >= 15 is 0 Å². The predicted octanol–water partition coefficient (Wildman–Crippen LogP) is 3.22. The van der Waals surface area contributed by atoms with Gasteiger partial charge in [-0.1, -0.05) is 22.6 Å². The van der Waals surface area contributed by atoms with Crippen LogP contribution in [0.25, 0.3) is 0 Å². The van der Waals surface area contributed by atoms with Crippen molar-refractivity contribution in [2.75, 3.05) is 0 Å². The zero-order valence-corrected chi connectivity index (χ0v) is 8.81. The molecular formula is C7H9F4IO. The Morgan fingerprint density at radius 2 is 1.85 bits per heavy atom. The van der Waals surface area contributed by atoms with E-state index in [0.29, 0.717) is 6.42 Å². The van der Waals surface area contributed by atoms with Crippen LogP contribution in [0.4, 0.5) is 17.6 Å². The van der Waals surface area contributed by atoms with E-state index in [1.54, 1.807) is 0 Å². The van der Waals surface area contributed by atoms with Crippen LogP contribution in [0.2, 0.25) is 0 Å². The van der Waals surface area contributed by atoms with Gasteiger partial charge in [-0.25, -0.2) is 4.39 Å². The van der Waals surface area contributed by atoms with Crippen LogP contribution < -0.4 is 0 Å². The summed E-state index contributed by atoms with van der Waals surface area (Å²) in [4.78, 5) is 0. The number of ether oxygens (including phenoxy) is 1. The second kappa shape index (κ2) is 4.29. The van der Waals surface area contributed by atoms with Crippen molar-refractivity contribution < 1.29 is 22.3 Å². The van der Waals surface area contributed by atoms with Crippen molar-refractivity contribution in [2.45, 2.75) is 41.8 Å². The van der Waals surface area contributed by atoms with Crippen molar-refractivity contribution in [1.29, 1.82) is 0 Å². The van der Waals surface area contributed by atoms with E-state index in [0.717, 1.165) is 0 Å². The highest BCUT2D eigenvalue weighted by Gasteiger charge is 2.39. The van der Waals surface area contributed by atoms with Gasteiger partial charge >= 0.3 is 6.36 Å². The molecule has 6 heteroatoms. The molecule has 0 amide bonds. The first-order valence-corrected chi connectivity index (χ1v) is 5.16. The average molecular weight is 312 g/mol. The zero-order chi connectivity index (χ0) is 10.1. The maximum Gasteiger partial charge on any atom is 0.522 e. The minimum atomic E-state index is -4.72. The van der Waals surface area contributed by atoms with Gasteiger partial charge in [-0.3, -0.25) is 4.74 Å². The Bertz CT molecular complexity index is 172. The largest absolute Gasteiger partial charge is 0.522 e. The summed E-state index contributed by atoms with van der Waals surface area (Å²) in [5, 5.41) is 0. The summed E-state index contributed by atoms with van der Waals surface area (Å²) in [6.45, 7) is 0. The lowest BCUT2D eigenvalue weighted by Crippen LogP contribution is -2.37. The van der Waals surface area contributed by atoms with Gasteiger partial charge in [0.15, 0.2) is 0 Å². The van der Waals surface area contributed by atoms with Crippen molar-refractivity contribution in [2.24, 2.45) is 0 Å². The second-order valence-corrected chi connectivity index (χ2v) is 4.79. The molecule has 1 saturated carbocycles. The molecule has 0 N–H and O–H groups in total. The molecule has 1 rings (SSSR count). The topological polar surface area (TPSA) is 9.23 Å². The van der Waals surface area contributed by atoms with Gasteiger partial charge < -0.3 is 0 Å². The molecule has 0 saturated heterocycles. The van der Waals surface area contributed by atoms with Crippen molar-refractivity contribution in [3.8, 4) is 0 Å². The molecule has 1 nitrogen and oxygen atoms in total. The van der Waals surface area contributed by atoms with Crippen molar-refractivity contribution >= 4 is 22.6 Å². The first-order chi connectivity index (χ1) is 5.88. The number of hydrogen-bond donors (Lipinski definition) is 0. The summed E-state index contributed by atoms with van der Waals surface area (Å²) in [7, 11) is 0. The lowest BCUT2D eigenvalue weighted by atomic mass is 9.96. The van der Waals surface area contributed by atoms with Gasteiger partial charge in [-0.2, -0.15) is 0 Å². The molecule has 0 radical (unpaired) electrons. The molecule has 0 bridgehead atoms. The van der Waals surface area contributed by atoms with Gasteiger partial charge in [-0.15, -0.1) is 13.2 Å². The summed E-state index contributed by atoms with van der Waals surface area (Å²) in [5.41, 5.74) is 0. The SMILES string of the molecule is FC1CC(I)CCC1OC(F)(F)F. The molecular weight excluding hydrogens is 303 g/mol. The Hall–Kier alpha value is 0.410. The van der Waals surface area contributed by atoms with Crippen LogP contribution in [-0.4, -0.2) is 22.6 Å². The van der Waals surface area contributed by atoms with Crippen molar-refractivity contribution in [1.82, 2.24) is 0 Å². The zero-order valence-electron chi connectivity index (χ0n) is 6.65. The molecule has 0 aromatic rings. The lowest BCUT2D eigenvalue weighted by molar-refractivity contribution is -0.350. The van der Waals surface area contributed by atoms with E-state index in [-0.39, 0.29) is 16.8 Å². The first-order valence-electron chi connectivity index (χ1n) is 3.91. The van der Waals surface area contributed by atoms with E-state index in [1.165, 1.54) is 0 Å². The highest BCUT2D eigenvalue weighted by atomic mass is 127. The Morgan fingerprint density at radius 1 is 1.23 bits per heavy atom. The predicted molar refractivity (Wildman–Crippen MR) is 47.5 cm³/mol. The van der Waals surface area contributed by atoms with E-state index < -0.39 is 18.6 Å². The van der Waals surface area contributed by atoms with E-state index in [4.69, 9.17) is 0 Å². The third-order valence-corrected chi connectivity index (χ3v) is 3.07. The Balaban J connectivity index is 2.43. The molecule has 78 valence electrons. The van der Waals surface area contributed by atoms with E-state index in [9.17, 15) is 17.6 Å². The normalized spacial score (nSPS) is 36.2. The summed E-state index contributed by atoms with van der Waals surface area (Å²) >= 11 is 2.04. The van der Waals surface area contributed by atoms with Gasteiger partial charge in [0.2, 0.25) is 0 Å². The van der Waals surface area contributed by atoms with Crippen LogP contribution in [0, 0.1) is 0 Å². The standard InChI is InChI=1S/C7H9F4IO/c8-5-3-4(12)1-2-6(5)13-7(9,10)11/h4-6H,1-3H2. The van der Waals surface area contributed by atoms with Crippen LogP contribution in [0.5, 0.6) is 0 Å². The Kier molecular flexibility index (Phi) is 3.79. The van der Waals surface area contributed by atoms with Gasteiger partial charge in [-0.05, 0) is 19.3 Å². The van der Waals surface area contributed by atoms with E-state index in [2.05, 4.69) is 4.74 Å². The maximum absolute atomic E-state index is 13.0. The van der Waals surface area contributed by atoms with E-state index in [1.807, 2.05) is 22.6 Å². The van der Waals surface area contributed by atoms with Crippen LogP contribution in [0.1, 0.15) is 19.3 Å². The first kappa shape index (κ1) is 11.5. The van der Waals surface area contributed by atoms with Crippen molar-refractivity contribution in [3.05, 3.63) is 0 Å². The lowest BCUT2D eigenvalue weighted by Gasteiger charge is -2.29. The monoisotopic (exact) mass is 312 g/mol. The summed E-state index contributed by atoms with van der Waals surface area (Å²) < 4.78 is 51.9. The minimum Gasteiger partial charge on any atom is -0.286 e. The fourth-order valence-electron chi connectivity index (χ4n) is 1.34. The highest BCUT2D eigenvalue weighted by molar-refractivity contribution is 14.1. The van der Waals surface area contributed by atoms with Gasteiger partial charge in [0.05, 0.1) is 6.10 Å². The second-order valence-electron chi connectivity index (χ2n) is 3.03. The molecule has 0 aromatic heterocycles. The quantitative estimate of drug-likeness (QED) is 0.410. The van der Waals surface area contributed by atoms with Crippen LogP contribution in [0.15, 0.2) is 0 Å². The van der Waals surface area contributed by atoms with Gasteiger partial charge in [0, 0.05) is 3.92 Å². The number of halogens is 5. The molecule has 3 unspecified atom stereocenters. The van der Waals surface area contributed by atoms with Crippen LogP contribution >= 0.6 is 22.6 Å².